The summed E-state index contributed by atoms with van der Waals surface area (Å²) in [5.41, 5.74) is 1.57. The number of carbonyl (C=O) groups is 1. The molecule has 0 radical (unpaired) electrons. The van der Waals surface area contributed by atoms with Gasteiger partial charge in [-0.15, -0.1) is 0 Å². The van der Waals surface area contributed by atoms with Crippen LogP contribution in [0, 0.1) is 0 Å². The second kappa shape index (κ2) is 6.65. The summed E-state index contributed by atoms with van der Waals surface area (Å²) in [7, 11) is 0. The third-order valence-electron chi connectivity index (χ3n) is 3.79. The Morgan fingerprint density at radius 1 is 1.24 bits per heavy atom. The zero-order valence-electron chi connectivity index (χ0n) is 13.8. The van der Waals surface area contributed by atoms with Crippen LogP contribution in [0.2, 0.25) is 0 Å². The predicted molar refractivity (Wildman–Crippen MR) is 99.3 cm³/mol. The zero-order valence-corrected chi connectivity index (χ0v) is 15.4. The maximum atomic E-state index is 12.3. The van der Waals surface area contributed by atoms with Gasteiger partial charge < -0.3 is 13.7 Å². The van der Waals surface area contributed by atoms with E-state index in [0.717, 1.165) is 11.1 Å². The lowest BCUT2D eigenvalue weighted by atomic mass is 10.3. The highest BCUT2D eigenvalue weighted by atomic mass is 32.2. The first-order valence-electron chi connectivity index (χ1n) is 7.89. The summed E-state index contributed by atoms with van der Waals surface area (Å²) in [6.07, 6.45) is 1.80. The molecule has 0 aliphatic carbocycles. The Balaban J connectivity index is 1.50. The number of rotatable bonds is 4. The highest BCUT2D eigenvalue weighted by Gasteiger charge is 2.28. The molecular formula is C18H16N2O3S2. The van der Waals surface area contributed by atoms with Crippen LogP contribution >= 0.6 is 23.5 Å². The number of hydrogen-bond acceptors (Lipinski definition) is 6. The molecule has 0 atom stereocenters. The Hall–Kier alpha value is -2.12. The normalized spacial score (nSPS) is 16.7. The standard InChI is InChI=1S/C18H16N2O3S2/c1-11(2)20-10-24-15(17(20)21)9-12-7-8-16(22-12)25-18-19-13-5-3-4-6-14(13)23-18/h3-9,11H,10H2,1-2H3/b15-9-. The first-order valence-corrected chi connectivity index (χ1v) is 9.69. The molecule has 1 aliphatic heterocycles. The Morgan fingerprint density at radius 3 is 2.84 bits per heavy atom. The number of amides is 1. The number of hydrogen-bond donors (Lipinski definition) is 0. The maximum Gasteiger partial charge on any atom is 0.264 e. The highest BCUT2D eigenvalue weighted by molar-refractivity contribution is 8.04. The first-order chi connectivity index (χ1) is 12.1. The summed E-state index contributed by atoms with van der Waals surface area (Å²) in [4.78, 5) is 19.3. The van der Waals surface area contributed by atoms with Crippen molar-refractivity contribution in [2.24, 2.45) is 0 Å². The van der Waals surface area contributed by atoms with Crippen molar-refractivity contribution >= 4 is 46.6 Å². The molecule has 0 N–H and O–H groups in total. The maximum absolute atomic E-state index is 12.3. The van der Waals surface area contributed by atoms with Crippen molar-refractivity contribution in [3.63, 3.8) is 0 Å². The van der Waals surface area contributed by atoms with Gasteiger partial charge in [0.05, 0.1) is 10.8 Å². The molecular weight excluding hydrogens is 356 g/mol. The van der Waals surface area contributed by atoms with Gasteiger partial charge in [-0.3, -0.25) is 4.79 Å². The summed E-state index contributed by atoms with van der Waals surface area (Å²) in [6.45, 7) is 4.03. The molecule has 7 heteroatoms. The van der Waals surface area contributed by atoms with Crippen LogP contribution in [0.15, 0.2) is 60.5 Å². The van der Waals surface area contributed by atoms with Crippen molar-refractivity contribution in [1.82, 2.24) is 9.88 Å². The number of benzene rings is 1. The Kier molecular flexibility index (Phi) is 4.35. The molecule has 0 bridgehead atoms. The van der Waals surface area contributed by atoms with Gasteiger partial charge in [-0.05, 0) is 38.1 Å². The van der Waals surface area contributed by atoms with Crippen molar-refractivity contribution < 1.29 is 13.6 Å². The molecule has 3 heterocycles. The number of para-hydroxylation sites is 2. The van der Waals surface area contributed by atoms with Crippen molar-refractivity contribution in [3.8, 4) is 0 Å². The van der Waals surface area contributed by atoms with E-state index in [4.69, 9.17) is 8.83 Å². The van der Waals surface area contributed by atoms with E-state index in [9.17, 15) is 4.79 Å². The lowest BCUT2D eigenvalue weighted by molar-refractivity contribution is -0.126. The number of thioether (sulfide) groups is 1. The van der Waals surface area contributed by atoms with Crippen LogP contribution in [0.3, 0.4) is 0 Å². The summed E-state index contributed by atoms with van der Waals surface area (Å²) in [6, 6.07) is 11.5. The zero-order chi connectivity index (χ0) is 17.4. The number of nitrogens with zero attached hydrogens (tertiary/aromatic N) is 2. The molecule has 5 nitrogen and oxygen atoms in total. The van der Waals surface area contributed by atoms with E-state index >= 15 is 0 Å². The van der Waals surface area contributed by atoms with Gasteiger partial charge in [0.1, 0.15) is 11.3 Å². The third-order valence-corrected chi connectivity index (χ3v) is 5.57. The van der Waals surface area contributed by atoms with Gasteiger partial charge in [0.25, 0.3) is 11.1 Å². The van der Waals surface area contributed by atoms with Crippen LogP contribution in [-0.2, 0) is 4.79 Å². The van der Waals surface area contributed by atoms with Crippen LogP contribution < -0.4 is 0 Å². The van der Waals surface area contributed by atoms with Crippen molar-refractivity contribution in [1.29, 1.82) is 0 Å². The van der Waals surface area contributed by atoms with Crippen molar-refractivity contribution in [2.45, 2.75) is 30.2 Å². The number of carbonyl (C=O) groups excluding carboxylic acids is 1. The van der Waals surface area contributed by atoms with E-state index in [1.807, 2.05) is 55.1 Å². The van der Waals surface area contributed by atoms with E-state index in [1.54, 1.807) is 6.08 Å². The molecule has 0 spiro atoms. The molecule has 0 saturated carbocycles. The molecule has 1 amide bonds. The average Bonchev–Trinajstić information content (AvgIpc) is 3.27. The van der Waals surface area contributed by atoms with Crippen LogP contribution in [0.5, 0.6) is 0 Å². The van der Waals surface area contributed by atoms with E-state index in [2.05, 4.69) is 4.98 Å². The lowest BCUT2D eigenvalue weighted by Gasteiger charge is -2.18. The van der Waals surface area contributed by atoms with Crippen molar-refractivity contribution in [3.05, 3.63) is 47.1 Å². The topological polar surface area (TPSA) is 59.5 Å². The first kappa shape index (κ1) is 16.4. The average molecular weight is 372 g/mol. The quantitative estimate of drug-likeness (QED) is 0.610. The molecule has 1 aliphatic rings. The predicted octanol–water partition coefficient (Wildman–Crippen LogP) is 4.85. The van der Waals surface area contributed by atoms with E-state index < -0.39 is 0 Å². The minimum Gasteiger partial charge on any atom is -0.450 e. The fourth-order valence-electron chi connectivity index (χ4n) is 2.46. The van der Waals surface area contributed by atoms with Gasteiger partial charge in [-0.1, -0.05) is 23.9 Å². The highest BCUT2D eigenvalue weighted by Crippen LogP contribution is 2.34. The van der Waals surface area contributed by atoms with Gasteiger partial charge in [-0.25, -0.2) is 4.98 Å². The van der Waals surface area contributed by atoms with Gasteiger partial charge in [0.15, 0.2) is 10.7 Å². The fourth-order valence-corrected chi connectivity index (χ4v) is 4.32. The van der Waals surface area contributed by atoms with Gasteiger partial charge in [0.2, 0.25) is 0 Å². The Bertz CT molecular complexity index is 925. The smallest absolute Gasteiger partial charge is 0.264 e. The Labute approximate surface area is 153 Å². The number of furan rings is 1. The number of oxazole rings is 1. The second-order valence-electron chi connectivity index (χ2n) is 5.86. The van der Waals surface area contributed by atoms with Gasteiger partial charge >= 0.3 is 0 Å². The summed E-state index contributed by atoms with van der Waals surface area (Å²) in [5, 5.41) is 1.21. The third kappa shape index (κ3) is 3.34. The molecule has 1 saturated heterocycles. The van der Waals surface area contributed by atoms with Crippen LogP contribution in [-0.4, -0.2) is 27.7 Å². The molecule has 25 heavy (non-hydrogen) atoms. The minimum absolute atomic E-state index is 0.0598. The summed E-state index contributed by atoms with van der Waals surface area (Å²) in [5.74, 6) is 1.40. The molecule has 128 valence electrons. The van der Waals surface area contributed by atoms with Gasteiger partial charge in [-0.2, -0.15) is 0 Å². The largest absolute Gasteiger partial charge is 0.450 e. The fraction of sp³-hybridized carbons (Fsp3) is 0.222. The van der Waals surface area contributed by atoms with Crippen LogP contribution in [0.4, 0.5) is 0 Å². The van der Waals surface area contributed by atoms with Crippen LogP contribution in [0.1, 0.15) is 19.6 Å². The van der Waals surface area contributed by atoms with E-state index in [-0.39, 0.29) is 11.9 Å². The number of aromatic nitrogens is 1. The Morgan fingerprint density at radius 2 is 2.08 bits per heavy atom. The monoisotopic (exact) mass is 372 g/mol. The molecule has 2 aromatic heterocycles. The molecule has 3 aromatic rings. The van der Waals surface area contributed by atoms with E-state index in [0.29, 0.717) is 26.9 Å². The SMILES string of the molecule is CC(C)N1CS/C(=C\c2ccc(Sc3nc4ccccc4o3)o2)C1=O. The van der Waals surface area contributed by atoms with Crippen molar-refractivity contribution in [2.75, 3.05) is 5.88 Å². The second-order valence-corrected chi connectivity index (χ2v) is 7.80. The molecule has 1 fully saturated rings. The minimum atomic E-state index is 0.0598. The van der Waals surface area contributed by atoms with Crippen LogP contribution in [0.25, 0.3) is 17.2 Å². The molecule has 4 rings (SSSR count). The lowest BCUT2D eigenvalue weighted by Crippen LogP contribution is -2.31. The van der Waals surface area contributed by atoms with E-state index in [1.165, 1.54) is 23.5 Å². The molecule has 0 unspecified atom stereocenters. The number of fused-ring (bicyclic) bond motifs is 1. The summed E-state index contributed by atoms with van der Waals surface area (Å²) >= 11 is 2.86. The molecule has 1 aromatic carbocycles. The van der Waals surface area contributed by atoms with Gasteiger partial charge in [0, 0.05) is 23.9 Å². The summed E-state index contributed by atoms with van der Waals surface area (Å²) < 4.78 is 11.5.